The number of fused-ring (bicyclic) bond motifs is 1. The maximum absolute atomic E-state index is 13.2. The van der Waals surface area contributed by atoms with Crippen LogP contribution in [0.1, 0.15) is 37.8 Å². The van der Waals surface area contributed by atoms with E-state index in [9.17, 15) is 12.8 Å². The molecule has 0 unspecified atom stereocenters. The zero-order chi connectivity index (χ0) is 18.0. The predicted octanol–water partition coefficient (Wildman–Crippen LogP) is 3.06. The summed E-state index contributed by atoms with van der Waals surface area (Å²) < 4.78 is 49.0. The van der Waals surface area contributed by atoms with E-state index < -0.39 is 10.1 Å². The van der Waals surface area contributed by atoms with Crippen LogP contribution >= 0.6 is 0 Å². The van der Waals surface area contributed by atoms with Crippen LogP contribution < -0.4 is 0 Å². The summed E-state index contributed by atoms with van der Waals surface area (Å²) in [5.41, 5.74) is 1.38. The molecule has 1 aliphatic rings. The minimum absolute atomic E-state index is 0.188. The van der Waals surface area contributed by atoms with Gasteiger partial charge >= 0.3 is 0 Å². The summed E-state index contributed by atoms with van der Waals surface area (Å²) in [7, 11) is -3.89. The minimum Gasteiger partial charge on any atom is -0.356 e. The van der Waals surface area contributed by atoms with E-state index in [0.29, 0.717) is 12.0 Å². The first-order valence-electron chi connectivity index (χ1n) is 8.54. The van der Waals surface area contributed by atoms with Gasteiger partial charge in [-0.1, -0.05) is 12.1 Å². The molecule has 0 spiro atoms. The molecule has 0 amide bonds. The van der Waals surface area contributed by atoms with Gasteiger partial charge in [0.25, 0.3) is 10.1 Å². The van der Waals surface area contributed by atoms with E-state index in [-0.39, 0.29) is 23.4 Å². The Bertz CT molecular complexity index is 828. The summed E-state index contributed by atoms with van der Waals surface area (Å²) in [5, 5.41) is 5.02. The van der Waals surface area contributed by atoms with E-state index in [1.165, 1.54) is 12.1 Å². The number of aromatic nitrogens is 1. The molecule has 1 aromatic carbocycles. The third-order valence-corrected chi connectivity index (χ3v) is 5.63. The van der Waals surface area contributed by atoms with Crippen LogP contribution in [0.25, 0.3) is 11.0 Å². The smallest absolute Gasteiger partial charge is 0.264 e. The highest BCUT2D eigenvalue weighted by Gasteiger charge is 2.26. The number of hydrogen-bond donors (Lipinski definition) is 1. The molecular weight excluding hydrogens is 347 g/mol. The molecule has 1 aromatic heterocycles. The van der Waals surface area contributed by atoms with Crippen molar-refractivity contribution in [2.75, 3.05) is 25.4 Å². The van der Waals surface area contributed by atoms with Crippen molar-refractivity contribution in [1.29, 1.82) is 0 Å². The maximum Gasteiger partial charge on any atom is 0.264 e. The first kappa shape index (κ1) is 18.3. The van der Waals surface area contributed by atoms with Crippen molar-refractivity contribution in [3.05, 3.63) is 29.7 Å². The van der Waals surface area contributed by atoms with E-state index in [0.717, 1.165) is 43.6 Å². The van der Waals surface area contributed by atoms with Gasteiger partial charge in [-0.05, 0) is 50.4 Å². The molecule has 1 N–H and O–H groups in total. The second-order valence-electron chi connectivity index (χ2n) is 6.96. The Balaban J connectivity index is 1.54. The van der Waals surface area contributed by atoms with Gasteiger partial charge < -0.3 is 9.42 Å². The third-order valence-electron chi connectivity index (χ3n) is 4.87. The third kappa shape index (κ3) is 4.77. The van der Waals surface area contributed by atoms with E-state index in [1.807, 2.05) is 6.92 Å². The summed E-state index contributed by atoms with van der Waals surface area (Å²) in [4.78, 5) is 2.31. The van der Waals surface area contributed by atoms with Gasteiger partial charge in [0.15, 0.2) is 5.58 Å². The Hall–Kier alpha value is -1.51. The molecule has 0 saturated carbocycles. The molecule has 1 saturated heterocycles. The number of halogens is 1. The molecule has 1 fully saturated rings. The molecule has 1 atom stereocenters. The maximum atomic E-state index is 13.2. The lowest BCUT2D eigenvalue weighted by atomic mass is 9.91. The summed E-state index contributed by atoms with van der Waals surface area (Å²) in [5.74, 6) is -0.0270. The second kappa shape index (κ2) is 7.39. The van der Waals surface area contributed by atoms with Crippen molar-refractivity contribution in [3.63, 3.8) is 0 Å². The van der Waals surface area contributed by atoms with Crippen molar-refractivity contribution in [3.8, 4) is 0 Å². The van der Waals surface area contributed by atoms with E-state index in [1.54, 1.807) is 6.07 Å². The summed E-state index contributed by atoms with van der Waals surface area (Å²) in [6.07, 6.45) is 2.33. The van der Waals surface area contributed by atoms with Crippen molar-refractivity contribution in [2.24, 2.45) is 5.92 Å². The molecule has 0 aliphatic carbocycles. The Morgan fingerprint density at radius 1 is 1.40 bits per heavy atom. The summed E-state index contributed by atoms with van der Waals surface area (Å²) >= 11 is 0. The molecular formula is C17H23FN2O4S. The van der Waals surface area contributed by atoms with Crippen LogP contribution in [-0.2, 0) is 10.1 Å². The second-order valence-corrected chi connectivity index (χ2v) is 8.54. The number of rotatable bonds is 6. The summed E-state index contributed by atoms with van der Waals surface area (Å²) in [6, 6.07) is 4.51. The fourth-order valence-electron chi connectivity index (χ4n) is 3.50. The Morgan fingerprint density at radius 2 is 2.12 bits per heavy atom. The van der Waals surface area contributed by atoms with Crippen LogP contribution in [0.4, 0.5) is 4.39 Å². The zero-order valence-electron chi connectivity index (χ0n) is 14.2. The molecule has 0 radical (unpaired) electrons. The van der Waals surface area contributed by atoms with Crippen molar-refractivity contribution < 1.29 is 21.9 Å². The molecule has 0 bridgehead atoms. The van der Waals surface area contributed by atoms with Crippen LogP contribution in [-0.4, -0.2) is 48.4 Å². The monoisotopic (exact) mass is 370 g/mol. The Labute approximate surface area is 146 Å². The van der Waals surface area contributed by atoms with Crippen LogP contribution in [0.2, 0.25) is 0 Å². The molecule has 138 valence electrons. The molecule has 1 aliphatic heterocycles. The highest BCUT2D eigenvalue weighted by molar-refractivity contribution is 7.85. The van der Waals surface area contributed by atoms with E-state index >= 15 is 0 Å². The SMILES string of the molecule is C[C@H](CCS(=O)(=O)O)CN1CCC(c2noc3cc(F)ccc23)CC1. The fraction of sp³-hybridized carbons (Fsp3) is 0.588. The van der Waals surface area contributed by atoms with Gasteiger partial charge in [0.1, 0.15) is 5.82 Å². The zero-order valence-corrected chi connectivity index (χ0v) is 15.0. The Kier molecular flexibility index (Phi) is 5.41. The van der Waals surface area contributed by atoms with E-state index in [4.69, 9.17) is 9.08 Å². The topological polar surface area (TPSA) is 83.6 Å². The normalized spacial score (nSPS) is 18.7. The first-order chi connectivity index (χ1) is 11.8. The van der Waals surface area contributed by atoms with Crippen molar-refractivity contribution in [2.45, 2.75) is 32.1 Å². The van der Waals surface area contributed by atoms with Gasteiger partial charge in [-0.15, -0.1) is 0 Å². The minimum atomic E-state index is -3.89. The van der Waals surface area contributed by atoms with Crippen LogP contribution in [0.15, 0.2) is 22.7 Å². The quantitative estimate of drug-likeness (QED) is 0.787. The number of nitrogens with zero attached hydrogens (tertiary/aromatic N) is 2. The van der Waals surface area contributed by atoms with Gasteiger partial charge in [-0.25, -0.2) is 4.39 Å². The highest BCUT2D eigenvalue weighted by atomic mass is 32.2. The van der Waals surface area contributed by atoms with Gasteiger partial charge in [0, 0.05) is 23.9 Å². The number of likely N-dealkylation sites (tertiary alicyclic amines) is 1. The lowest BCUT2D eigenvalue weighted by Crippen LogP contribution is -2.36. The average Bonchev–Trinajstić information content (AvgIpc) is 2.96. The molecule has 2 heterocycles. The molecule has 2 aromatic rings. The van der Waals surface area contributed by atoms with Gasteiger partial charge in [-0.3, -0.25) is 4.55 Å². The van der Waals surface area contributed by atoms with Crippen molar-refractivity contribution >= 4 is 21.1 Å². The van der Waals surface area contributed by atoms with Crippen LogP contribution in [0, 0.1) is 11.7 Å². The average molecular weight is 370 g/mol. The molecule has 6 nitrogen and oxygen atoms in total. The molecule has 25 heavy (non-hydrogen) atoms. The van der Waals surface area contributed by atoms with Gasteiger partial charge in [0.2, 0.25) is 0 Å². The summed E-state index contributed by atoms with van der Waals surface area (Å²) in [6.45, 7) is 4.61. The molecule has 3 rings (SSSR count). The van der Waals surface area contributed by atoms with Gasteiger partial charge in [0.05, 0.1) is 11.4 Å². The van der Waals surface area contributed by atoms with Crippen LogP contribution in [0.5, 0.6) is 0 Å². The number of hydrogen-bond acceptors (Lipinski definition) is 5. The Morgan fingerprint density at radius 3 is 2.80 bits per heavy atom. The lowest BCUT2D eigenvalue weighted by molar-refractivity contribution is 0.183. The largest absolute Gasteiger partial charge is 0.356 e. The van der Waals surface area contributed by atoms with Gasteiger partial charge in [-0.2, -0.15) is 8.42 Å². The number of benzene rings is 1. The predicted molar refractivity (Wildman–Crippen MR) is 92.6 cm³/mol. The lowest BCUT2D eigenvalue weighted by Gasteiger charge is -2.32. The standard InChI is InChI=1S/C17H23FN2O4S/c1-12(6-9-25(21,22)23)11-20-7-4-13(5-8-20)17-15-3-2-14(18)10-16(15)24-19-17/h2-3,10,12-13H,4-9,11H2,1H3,(H,21,22,23)/t12-/m1/s1. The highest BCUT2D eigenvalue weighted by Crippen LogP contribution is 2.33. The first-order valence-corrected chi connectivity index (χ1v) is 10.1. The fourth-order valence-corrected chi connectivity index (χ4v) is 4.20. The molecule has 8 heteroatoms. The van der Waals surface area contributed by atoms with Crippen LogP contribution in [0.3, 0.4) is 0 Å². The van der Waals surface area contributed by atoms with Crippen molar-refractivity contribution in [1.82, 2.24) is 10.1 Å². The van der Waals surface area contributed by atoms with E-state index in [2.05, 4.69) is 10.1 Å². The number of piperidine rings is 1.